The predicted octanol–water partition coefficient (Wildman–Crippen LogP) is 1.43. The number of hydrogen-bond donors (Lipinski definition) is 2. The second kappa shape index (κ2) is 4.96. The Balaban J connectivity index is 2.02. The van der Waals surface area contributed by atoms with Crippen LogP contribution in [0.5, 0.6) is 0 Å². The molecule has 8 heteroatoms. The maximum atomic E-state index is 11.7. The Kier molecular flexibility index (Phi) is 3.57. The molecule has 0 radical (unpaired) electrons. The molecule has 0 atom stereocenters. The zero-order valence-corrected chi connectivity index (χ0v) is 10.9. The number of carbonyl (C=O) groups is 1. The van der Waals surface area contributed by atoms with Gasteiger partial charge in [-0.25, -0.2) is 8.42 Å². The minimum absolute atomic E-state index is 0.156. The second-order valence-electron chi connectivity index (χ2n) is 2.97. The van der Waals surface area contributed by atoms with Gasteiger partial charge in [-0.2, -0.15) is 0 Å². The molecule has 0 saturated heterocycles. The number of thiophene rings is 2. The van der Waals surface area contributed by atoms with Crippen LogP contribution in [0.3, 0.4) is 0 Å². The van der Waals surface area contributed by atoms with Crippen LogP contribution in [0.4, 0.5) is 0 Å². The van der Waals surface area contributed by atoms with Crippen molar-refractivity contribution in [2.45, 2.75) is 4.21 Å². The predicted molar refractivity (Wildman–Crippen MR) is 66.4 cm³/mol. The fourth-order valence-corrected chi connectivity index (χ4v) is 3.50. The molecule has 2 N–H and O–H groups in total. The van der Waals surface area contributed by atoms with Gasteiger partial charge < -0.3 is 0 Å². The van der Waals surface area contributed by atoms with Crippen molar-refractivity contribution in [1.29, 1.82) is 0 Å². The van der Waals surface area contributed by atoms with Gasteiger partial charge in [-0.1, -0.05) is 12.1 Å². The lowest BCUT2D eigenvalue weighted by atomic mass is 10.5. The summed E-state index contributed by atoms with van der Waals surface area (Å²) in [6.45, 7) is 0. The van der Waals surface area contributed by atoms with E-state index in [0.717, 1.165) is 11.3 Å². The molecule has 2 rings (SSSR count). The van der Waals surface area contributed by atoms with Crippen LogP contribution in [-0.4, -0.2) is 14.3 Å². The van der Waals surface area contributed by atoms with E-state index in [0.29, 0.717) is 4.88 Å². The fourth-order valence-electron chi connectivity index (χ4n) is 1.05. The van der Waals surface area contributed by atoms with Gasteiger partial charge in [0.2, 0.25) is 0 Å². The average molecular weight is 288 g/mol. The summed E-state index contributed by atoms with van der Waals surface area (Å²) < 4.78 is 23.5. The molecule has 0 fully saturated rings. The van der Waals surface area contributed by atoms with E-state index in [2.05, 4.69) is 5.43 Å². The quantitative estimate of drug-likeness (QED) is 0.836. The van der Waals surface area contributed by atoms with Crippen molar-refractivity contribution < 1.29 is 13.2 Å². The van der Waals surface area contributed by atoms with Crippen LogP contribution in [-0.2, 0) is 10.0 Å². The Morgan fingerprint density at radius 3 is 2.41 bits per heavy atom. The number of sulfonamides is 1. The Morgan fingerprint density at radius 2 is 1.82 bits per heavy atom. The van der Waals surface area contributed by atoms with Crippen molar-refractivity contribution in [1.82, 2.24) is 10.3 Å². The molecule has 0 unspecified atom stereocenters. The van der Waals surface area contributed by atoms with E-state index in [1.165, 1.54) is 17.4 Å². The first-order valence-corrected chi connectivity index (χ1v) is 7.73. The first-order chi connectivity index (χ1) is 8.09. The van der Waals surface area contributed by atoms with Crippen molar-refractivity contribution in [2.75, 3.05) is 0 Å². The molecule has 2 heterocycles. The number of hydrogen-bond acceptors (Lipinski definition) is 5. The third-order valence-corrected chi connectivity index (χ3v) is 5.32. The number of nitrogens with one attached hydrogen (secondary N) is 2. The lowest BCUT2D eigenvalue weighted by Crippen LogP contribution is -2.40. The van der Waals surface area contributed by atoms with Crippen molar-refractivity contribution in [3.05, 3.63) is 39.9 Å². The third-order valence-electron chi connectivity index (χ3n) is 1.80. The van der Waals surface area contributed by atoms with Gasteiger partial charge in [0.25, 0.3) is 15.9 Å². The van der Waals surface area contributed by atoms with Gasteiger partial charge in [-0.3, -0.25) is 10.2 Å². The highest BCUT2D eigenvalue weighted by atomic mass is 32.2. The number of rotatable bonds is 4. The van der Waals surface area contributed by atoms with Crippen molar-refractivity contribution in [3.63, 3.8) is 0 Å². The van der Waals surface area contributed by atoms with Crippen LogP contribution < -0.4 is 10.3 Å². The summed E-state index contributed by atoms with van der Waals surface area (Å²) in [5.41, 5.74) is 2.15. The Hall–Kier alpha value is -1.22. The van der Waals surface area contributed by atoms with E-state index < -0.39 is 15.9 Å². The van der Waals surface area contributed by atoms with Crippen LogP contribution in [0.25, 0.3) is 0 Å². The molecule has 1 amide bonds. The highest BCUT2D eigenvalue weighted by Crippen LogP contribution is 2.14. The molecular weight excluding hydrogens is 280 g/mol. The normalized spacial score (nSPS) is 11.3. The molecule has 5 nitrogen and oxygen atoms in total. The van der Waals surface area contributed by atoms with Crippen molar-refractivity contribution in [2.24, 2.45) is 0 Å². The van der Waals surface area contributed by atoms with E-state index >= 15 is 0 Å². The summed E-state index contributed by atoms with van der Waals surface area (Å²) in [4.78, 5) is 14.0. The topological polar surface area (TPSA) is 75.3 Å². The Morgan fingerprint density at radius 1 is 1.12 bits per heavy atom. The summed E-state index contributed by atoms with van der Waals surface area (Å²) >= 11 is 2.31. The average Bonchev–Trinajstić information content (AvgIpc) is 2.97. The monoisotopic (exact) mass is 288 g/mol. The van der Waals surface area contributed by atoms with Gasteiger partial charge in [-0.05, 0) is 22.9 Å². The van der Waals surface area contributed by atoms with E-state index in [4.69, 9.17) is 0 Å². The lowest BCUT2D eigenvalue weighted by Gasteiger charge is -2.05. The number of carbonyl (C=O) groups excluding carboxylic acids is 1. The molecule has 0 aliphatic carbocycles. The fraction of sp³-hybridized carbons (Fsp3) is 0. The molecule has 0 aliphatic heterocycles. The lowest BCUT2D eigenvalue weighted by molar-refractivity contribution is 0.0949. The molecular formula is C9H8N2O3S3. The Bertz CT molecular complexity index is 587. The molecule has 17 heavy (non-hydrogen) atoms. The van der Waals surface area contributed by atoms with Gasteiger partial charge in [0.05, 0.1) is 4.88 Å². The minimum atomic E-state index is -3.66. The highest BCUT2D eigenvalue weighted by Gasteiger charge is 2.16. The smallest absolute Gasteiger partial charge is 0.273 e. The molecule has 0 bridgehead atoms. The number of hydrazine groups is 1. The summed E-state index contributed by atoms with van der Waals surface area (Å²) in [6, 6.07) is 6.41. The second-order valence-corrected chi connectivity index (χ2v) is 6.77. The third kappa shape index (κ3) is 2.91. The van der Waals surface area contributed by atoms with E-state index in [9.17, 15) is 13.2 Å². The molecule has 0 aromatic carbocycles. The molecule has 0 spiro atoms. The summed E-state index contributed by atoms with van der Waals surface area (Å²) in [5.74, 6) is -0.472. The van der Waals surface area contributed by atoms with Crippen LogP contribution in [0, 0.1) is 0 Å². The maximum Gasteiger partial charge on any atom is 0.276 e. The molecule has 2 aromatic heterocycles. The van der Waals surface area contributed by atoms with Crippen molar-refractivity contribution in [3.8, 4) is 0 Å². The van der Waals surface area contributed by atoms with E-state index in [-0.39, 0.29) is 4.21 Å². The van der Waals surface area contributed by atoms with Crippen LogP contribution in [0.15, 0.2) is 39.2 Å². The maximum absolute atomic E-state index is 11.7. The van der Waals surface area contributed by atoms with E-state index in [1.807, 2.05) is 4.83 Å². The van der Waals surface area contributed by atoms with Gasteiger partial charge in [0.15, 0.2) is 0 Å². The van der Waals surface area contributed by atoms with Crippen LogP contribution in [0.1, 0.15) is 9.67 Å². The zero-order valence-electron chi connectivity index (χ0n) is 8.41. The summed E-state index contributed by atoms with van der Waals surface area (Å²) in [6.07, 6.45) is 0. The van der Waals surface area contributed by atoms with Gasteiger partial charge in [0, 0.05) is 0 Å². The molecule has 0 saturated carbocycles. The largest absolute Gasteiger partial charge is 0.276 e. The summed E-state index contributed by atoms with van der Waals surface area (Å²) in [7, 11) is -3.66. The molecule has 0 aliphatic rings. The van der Waals surface area contributed by atoms with Crippen molar-refractivity contribution >= 4 is 38.6 Å². The van der Waals surface area contributed by atoms with Crippen LogP contribution in [0.2, 0.25) is 0 Å². The first-order valence-electron chi connectivity index (χ1n) is 4.49. The SMILES string of the molecule is O=C(NNS(=O)(=O)c1cccs1)c1cccs1. The van der Waals surface area contributed by atoms with Gasteiger partial charge in [-0.15, -0.1) is 27.5 Å². The minimum Gasteiger partial charge on any atom is -0.273 e. The zero-order chi connectivity index (χ0) is 12.3. The van der Waals surface area contributed by atoms with E-state index in [1.54, 1.807) is 29.0 Å². The Labute approximate surface area is 106 Å². The molecule has 2 aromatic rings. The summed E-state index contributed by atoms with van der Waals surface area (Å²) in [5, 5.41) is 3.39. The first kappa shape index (κ1) is 12.2. The van der Waals surface area contributed by atoms with Crippen LogP contribution >= 0.6 is 22.7 Å². The highest BCUT2D eigenvalue weighted by molar-refractivity contribution is 7.91. The standard InChI is InChI=1S/C9H8N2O3S3/c12-9(7-3-1-5-15-7)10-11-17(13,14)8-4-2-6-16-8/h1-6,11H,(H,10,12). The number of amides is 1. The van der Waals surface area contributed by atoms with Gasteiger partial charge >= 0.3 is 0 Å². The van der Waals surface area contributed by atoms with Gasteiger partial charge in [0.1, 0.15) is 4.21 Å². The molecule has 90 valence electrons.